The summed E-state index contributed by atoms with van der Waals surface area (Å²) in [6, 6.07) is 65.5. The maximum Gasteiger partial charge on any atom is 0.164 e. The lowest BCUT2D eigenvalue weighted by Gasteiger charge is -2.14. The minimum Gasteiger partial charge on any atom is -0.455 e. The van der Waals surface area contributed by atoms with Crippen molar-refractivity contribution in [3.8, 4) is 56.4 Å². The summed E-state index contributed by atoms with van der Waals surface area (Å²) >= 11 is 0. The lowest BCUT2D eigenvalue weighted by atomic mass is 9.90. The first-order chi connectivity index (χ1) is 27.3. The normalized spacial score (nSPS) is 11.6. The molecule has 0 atom stereocenters. The summed E-state index contributed by atoms with van der Waals surface area (Å²) < 4.78 is 7.19. The molecular weight excluding hydrogens is 671 g/mol. The average molecular weight is 702 g/mol. The van der Waals surface area contributed by atoms with Gasteiger partial charge in [-0.15, -0.1) is 0 Å². The highest BCUT2D eigenvalue weighted by Crippen LogP contribution is 2.47. The second-order valence-electron chi connectivity index (χ2n) is 13.9. The SMILES string of the molecule is c1ccc(-c2cccc(-c3nc(-c4ccccc4)nc(-c4cc5c6ccccc6c6ccccc6c5c5oc6c(-c7ccccc7)cccc6c45)n3)c2)cc1. The second-order valence-corrected chi connectivity index (χ2v) is 13.9. The highest BCUT2D eigenvalue weighted by Gasteiger charge is 2.24. The molecule has 0 aliphatic heterocycles. The molecule has 0 saturated heterocycles. The number of aromatic nitrogens is 3. The fraction of sp³-hybridized carbons (Fsp3) is 0. The summed E-state index contributed by atoms with van der Waals surface area (Å²) in [5.74, 6) is 1.81. The lowest BCUT2D eigenvalue weighted by Crippen LogP contribution is -2.01. The Bertz CT molecular complexity index is 3240. The van der Waals surface area contributed by atoms with Gasteiger partial charge in [0, 0.05) is 38.4 Å². The van der Waals surface area contributed by atoms with Crippen LogP contribution in [0.3, 0.4) is 0 Å². The summed E-state index contributed by atoms with van der Waals surface area (Å²) in [4.78, 5) is 15.7. The number of para-hydroxylation sites is 1. The Kier molecular flexibility index (Phi) is 7.14. The maximum atomic E-state index is 7.19. The zero-order valence-electron chi connectivity index (χ0n) is 29.6. The number of hydrogen-bond donors (Lipinski definition) is 0. The van der Waals surface area contributed by atoms with Crippen molar-refractivity contribution in [1.82, 2.24) is 15.0 Å². The van der Waals surface area contributed by atoms with Crippen molar-refractivity contribution >= 4 is 54.3 Å². The van der Waals surface area contributed by atoms with Crippen molar-refractivity contribution in [2.45, 2.75) is 0 Å². The fourth-order valence-corrected chi connectivity index (χ4v) is 8.17. The molecule has 11 rings (SSSR count). The number of rotatable bonds is 5. The van der Waals surface area contributed by atoms with Crippen molar-refractivity contribution in [2.24, 2.45) is 0 Å². The fourth-order valence-electron chi connectivity index (χ4n) is 8.17. The Morgan fingerprint density at radius 2 is 0.764 bits per heavy atom. The predicted molar refractivity (Wildman–Crippen MR) is 227 cm³/mol. The van der Waals surface area contributed by atoms with Crippen LogP contribution < -0.4 is 0 Å². The Hall–Kier alpha value is -7.43. The molecule has 11 aromatic rings. The van der Waals surface area contributed by atoms with Crippen LogP contribution in [0.2, 0.25) is 0 Å². The van der Waals surface area contributed by atoms with E-state index in [2.05, 4.69) is 158 Å². The Balaban J connectivity index is 1.28. The van der Waals surface area contributed by atoms with E-state index >= 15 is 0 Å². The van der Waals surface area contributed by atoms with Gasteiger partial charge in [-0.25, -0.2) is 15.0 Å². The van der Waals surface area contributed by atoms with Crippen molar-refractivity contribution in [3.05, 3.63) is 188 Å². The summed E-state index contributed by atoms with van der Waals surface area (Å²) in [7, 11) is 0. The molecule has 0 spiro atoms. The molecule has 0 aliphatic rings. The van der Waals surface area contributed by atoms with Gasteiger partial charge < -0.3 is 4.42 Å². The van der Waals surface area contributed by atoms with E-state index in [-0.39, 0.29) is 0 Å². The molecule has 0 bridgehead atoms. The van der Waals surface area contributed by atoms with Gasteiger partial charge in [0.05, 0.1) is 0 Å². The molecule has 2 aromatic heterocycles. The van der Waals surface area contributed by atoms with E-state index in [0.29, 0.717) is 17.5 Å². The van der Waals surface area contributed by atoms with Gasteiger partial charge in [-0.2, -0.15) is 0 Å². The van der Waals surface area contributed by atoms with Crippen molar-refractivity contribution in [2.75, 3.05) is 0 Å². The minimum absolute atomic E-state index is 0.589. The molecule has 0 aliphatic carbocycles. The van der Waals surface area contributed by atoms with Crippen LogP contribution in [-0.2, 0) is 0 Å². The van der Waals surface area contributed by atoms with Crippen LogP contribution in [-0.4, -0.2) is 15.0 Å². The molecule has 2 heterocycles. The van der Waals surface area contributed by atoms with Gasteiger partial charge in [-0.1, -0.05) is 176 Å². The van der Waals surface area contributed by atoms with E-state index < -0.39 is 0 Å². The third-order valence-corrected chi connectivity index (χ3v) is 10.7. The monoisotopic (exact) mass is 701 g/mol. The van der Waals surface area contributed by atoms with Gasteiger partial charge in [0.15, 0.2) is 17.5 Å². The molecule has 0 amide bonds. The first kappa shape index (κ1) is 31.1. The lowest BCUT2D eigenvalue weighted by molar-refractivity contribution is 0.674. The molecule has 9 aromatic carbocycles. The quantitative estimate of drug-likeness (QED) is 0.168. The Labute approximate surface area is 317 Å². The van der Waals surface area contributed by atoms with Gasteiger partial charge in [-0.3, -0.25) is 0 Å². The highest BCUT2D eigenvalue weighted by atomic mass is 16.3. The standard InChI is InChI=1S/C51H31N3O/c1-4-16-32(17-5-1)35-22-14-23-36(30-35)50-52-49(34-20-8-3-9-21-34)53-51(54-50)44-31-43-40-26-11-10-24-38(40)39-25-12-13-27-41(39)45(43)48-46(44)42-29-15-28-37(47(42)55-48)33-18-6-2-7-19-33/h1-31H. The van der Waals surface area contributed by atoms with E-state index in [1.165, 1.54) is 10.8 Å². The first-order valence-corrected chi connectivity index (χ1v) is 18.5. The van der Waals surface area contributed by atoms with E-state index in [0.717, 1.165) is 82.4 Å². The topological polar surface area (TPSA) is 51.8 Å². The summed E-state index contributed by atoms with van der Waals surface area (Å²) in [5, 5.41) is 8.84. The zero-order chi connectivity index (χ0) is 36.3. The van der Waals surface area contributed by atoms with Crippen molar-refractivity contribution in [1.29, 1.82) is 0 Å². The van der Waals surface area contributed by atoms with Crippen molar-refractivity contribution < 1.29 is 4.42 Å². The summed E-state index contributed by atoms with van der Waals surface area (Å²) in [6.45, 7) is 0. The van der Waals surface area contributed by atoms with Crippen LogP contribution in [0.4, 0.5) is 0 Å². The Morgan fingerprint density at radius 3 is 1.47 bits per heavy atom. The highest BCUT2D eigenvalue weighted by molar-refractivity contribution is 6.34. The number of furan rings is 1. The maximum absolute atomic E-state index is 7.19. The molecule has 0 N–H and O–H groups in total. The van der Waals surface area contributed by atoms with Gasteiger partial charge >= 0.3 is 0 Å². The molecule has 0 saturated carbocycles. The average Bonchev–Trinajstić information content (AvgIpc) is 3.67. The molecule has 55 heavy (non-hydrogen) atoms. The van der Waals surface area contributed by atoms with Crippen LogP contribution in [0.25, 0.3) is 111 Å². The van der Waals surface area contributed by atoms with E-state index in [1.54, 1.807) is 0 Å². The second kappa shape index (κ2) is 12.6. The molecule has 0 fully saturated rings. The third kappa shape index (κ3) is 5.11. The van der Waals surface area contributed by atoms with Gasteiger partial charge in [0.2, 0.25) is 0 Å². The Morgan fingerprint density at radius 1 is 0.273 bits per heavy atom. The zero-order valence-corrected chi connectivity index (χ0v) is 29.6. The molecule has 4 heteroatoms. The third-order valence-electron chi connectivity index (χ3n) is 10.7. The summed E-state index contributed by atoms with van der Waals surface area (Å²) in [6.07, 6.45) is 0. The largest absolute Gasteiger partial charge is 0.455 e. The number of benzene rings is 9. The smallest absolute Gasteiger partial charge is 0.164 e. The van der Waals surface area contributed by atoms with E-state index in [4.69, 9.17) is 19.4 Å². The molecule has 256 valence electrons. The molecule has 0 radical (unpaired) electrons. The van der Waals surface area contributed by atoms with Crippen LogP contribution >= 0.6 is 0 Å². The van der Waals surface area contributed by atoms with E-state index in [9.17, 15) is 0 Å². The molecule has 0 unspecified atom stereocenters. The van der Waals surface area contributed by atoms with E-state index in [1.807, 2.05) is 30.3 Å². The van der Waals surface area contributed by atoms with Crippen LogP contribution in [0.5, 0.6) is 0 Å². The first-order valence-electron chi connectivity index (χ1n) is 18.5. The molecule has 4 nitrogen and oxygen atoms in total. The minimum atomic E-state index is 0.589. The van der Waals surface area contributed by atoms with Gasteiger partial charge in [0.1, 0.15) is 11.2 Å². The number of fused-ring (bicyclic) bond motifs is 10. The number of nitrogens with zero attached hydrogens (tertiary/aromatic N) is 3. The van der Waals surface area contributed by atoms with Crippen LogP contribution in [0.1, 0.15) is 0 Å². The number of hydrogen-bond acceptors (Lipinski definition) is 4. The predicted octanol–water partition coefficient (Wildman–Crippen LogP) is 13.6. The summed E-state index contributed by atoms with van der Waals surface area (Å²) in [5.41, 5.74) is 8.76. The van der Waals surface area contributed by atoms with Crippen molar-refractivity contribution in [3.63, 3.8) is 0 Å². The van der Waals surface area contributed by atoms with Crippen LogP contribution in [0, 0.1) is 0 Å². The van der Waals surface area contributed by atoms with Crippen LogP contribution in [0.15, 0.2) is 192 Å². The molecular formula is C51H31N3O. The van der Waals surface area contributed by atoms with Gasteiger partial charge in [0.25, 0.3) is 0 Å². The van der Waals surface area contributed by atoms with Gasteiger partial charge in [-0.05, 0) is 55.8 Å².